The maximum absolute atomic E-state index is 13.4. The Kier molecular flexibility index (Phi) is 4.42. The van der Waals surface area contributed by atoms with Gasteiger partial charge in [-0.3, -0.25) is 0 Å². The van der Waals surface area contributed by atoms with Crippen LogP contribution in [0.2, 0.25) is 0 Å². The summed E-state index contributed by atoms with van der Waals surface area (Å²) in [5, 5.41) is 8.50. The monoisotopic (exact) mass is 283 g/mol. The Labute approximate surface area is 104 Å². The number of nitrogens with zero attached hydrogens (tertiary/aromatic N) is 1. The van der Waals surface area contributed by atoms with E-state index in [1.54, 1.807) is 0 Å². The number of ether oxygens (including phenoxy) is 1. The third-order valence-electron chi connectivity index (χ3n) is 2.15. The smallest absolute Gasteiger partial charge is 0.370 e. The topological polar surface area (TPSA) is 33.0 Å². The molecule has 0 unspecified atom stereocenters. The summed E-state index contributed by atoms with van der Waals surface area (Å²) in [5.74, 6) is -6.00. The predicted molar refractivity (Wildman–Crippen MR) is 51.8 cm³/mol. The Morgan fingerprint density at radius 3 is 2.32 bits per heavy atom. The van der Waals surface area contributed by atoms with E-state index in [0.717, 1.165) is 12.1 Å². The van der Waals surface area contributed by atoms with E-state index in [0.29, 0.717) is 0 Å². The van der Waals surface area contributed by atoms with Crippen LogP contribution in [0.15, 0.2) is 18.2 Å². The van der Waals surface area contributed by atoms with Crippen molar-refractivity contribution in [1.29, 1.82) is 5.26 Å². The minimum Gasteiger partial charge on any atom is -0.370 e. The standard InChI is InChI=1S/C11H7F6NO/c12-9-7(4-18)2-1-3-8(9)5-19-6-10(13,14)11(15,16)17/h1-3H,5-6H2. The summed E-state index contributed by atoms with van der Waals surface area (Å²) in [4.78, 5) is 0. The molecule has 0 amide bonds. The minimum absolute atomic E-state index is 0.267. The molecule has 0 saturated carbocycles. The second-order valence-electron chi connectivity index (χ2n) is 3.59. The summed E-state index contributed by atoms with van der Waals surface area (Å²) in [5.41, 5.74) is -0.610. The average Bonchev–Trinajstić information content (AvgIpc) is 2.29. The molecule has 0 heterocycles. The van der Waals surface area contributed by atoms with Crippen molar-refractivity contribution in [3.8, 4) is 6.07 Å². The van der Waals surface area contributed by atoms with Gasteiger partial charge in [0.05, 0.1) is 12.2 Å². The van der Waals surface area contributed by atoms with Gasteiger partial charge >= 0.3 is 12.1 Å². The van der Waals surface area contributed by atoms with Crippen molar-refractivity contribution in [2.45, 2.75) is 18.7 Å². The number of hydrogen-bond donors (Lipinski definition) is 0. The maximum atomic E-state index is 13.4. The molecule has 19 heavy (non-hydrogen) atoms. The van der Waals surface area contributed by atoms with Gasteiger partial charge in [-0.1, -0.05) is 12.1 Å². The van der Waals surface area contributed by atoms with Crippen molar-refractivity contribution in [1.82, 2.24) is 0 Å². The van der Waals surface area contributed by atoms with Gasteiger partial charge in [-0.05, 0) is 6.07 Å². The molecule has 0 spiro atoms. The summed E-state index contributed by atoms with van der Waals surface area (Å²) in [6.07, 6.45) is -5.72. The molecule has 0 radical (unpaired) electrons. The van der Waals surface area contributed by atoms with Crippen molar-refractivity contribution < 1.29 is 31.1 Å². The van der Waals surface area contributed by atoms with Crippen molar-refractivity contribution in [2.75, 3.05) is 6.61 Å². The van der Waals surface area contributed by atoms with E-state index in [-0.39, 0.29) is 11.1 Å². The molecule has 2 nitrogen and oxygen atoms in total. The van der Waals surface area contributed by atoms with Crippen LogP contribution in [-0.2, 0) is 11.3 Å². The van der Waals surface area contributed by atoms with Crippen molar-refractivity contribution in [2.24, 2.45) is 0 Å². The number of rotatable bonds is 4. The van der Waals surface area contributed by atoms with E-state index >= 15 is 0 Å². The van der Waals surface area contributed by atoms with Crippen LogP contribution in [-0.4, -0.2) is 18.7 Å². The van der Waals surface area contributed by atoms with Gasteiger partial charge in [0.2, 0.25) is 0 Å². The van der Waals surface area contributed by atoms with Crippen LogP contribution < -0.4 is 0 Å². The number of benzene rings is 1. The first-order valence-corrected chi connectivity index (χ1v) is 4.89. The van der Waals surface area contributed by atoms with E-state index in [2.05, 4.69) is 4.74 Å². The van der Waals surface area contributed by atoms with Gasteiger partial charge in [0.1, 0.15) is 18.5 Å². The SMILES string of the molecule is N#Cc1cccc(COCC(F)(F)C(F)(F)F)c1F. The predicted octanol–water partition coefficient (Wildman–Crippen LogP) is 3.41. The number of halogens is 6. The lowest BCUT2D eigenvalue weighted by molar-refractivity contribution is -0.297. The molecule has 0 aliphatic carbocycles. The van der Waals surface area contributed by atoms with E-state index in [4.69, 9.17) is 5.26 Å². The van der Waals surface area contributed by atoms with Crippen LogP contribution in [0, 0.1) is 17.1 Å². The van der Waals surface area contributed by atoms with Crippen LogP contribution in [0.3, 0.4) is 0 Å². The summed E-state index contributed by atoms with van der Waals surface area (Å²) >= 11 is 0. The van der Waals surface area contributed by atoms with Crippen LogP contribution in [0.4, 0.5) is 26.3 Å². The summed E-state index contributed by atoms with van der Waals surface area (Å²) in [7, 11) is 0. The highest BCUT2D eigenvalue weighted by molar-refractivity contribution is 5.34. The zero-order valence-electron chi connectivity index (χ0n) is 9.27. The molecule has 0 atom stereocenters. The highest BCUT2D eigenvalue weighted by Gasteiger charge is 2.57. The largest absolute Gasteiger partial charge is 0.455 e. The molecule has 0 saturated heterocycles. The lowest BCUT2D eigenvalue weighted by Gasteiger charge is -2.19. The van der Waals surface area contributed by atoms with Gasteiger partial charge in [-0.15, -0.1) is 0 Å². The number of nitriles is 1. The number of alkyl halides is 5. The van der Waals surface area contributed by atoms with E-state index in [9.17, 15) is 26.3 Å². The molecule has 0 N–H and O–H groups in total. The highest BCUT2D eigenvalue weighted by Crippen LogP contribution is 2.35. The van der Waals surface area contributed by atoms with Crippen LogP contribution in [0.1, 0.15) is 11.1 Å². The third kappa shape index (κ3) is 3.61. The van der Waals surface area contributed by atoms with Crippen molar-refractivity contribution in [3.63, 3.8) is 0 Å². The Balaban J connectivity index is 2.67. The zero-order valence-corrected chi connectivity index (χ0v) is 9.27. The molecule has 0 bridgehead atoms. The fourth-order valence-corrected chi connectivity index (χ4v) is 1.15. The zero-order chi connectivity index (χ0) is 14.7. The van der Waals surface area contributed by atoms with Gasteiger partial charge in [0, 0.05) is 5.56 Å². The van der Waals surface area contributed by atoms with Gasteiger partial charge < -0.3 is 4.74 Å². The highest BCUT2D eigenvalue weighted by atomic mass is 19.4. The van der Waals surface area contributed by atoms with E-state index < -0.39 is 31.1 Å². The first kappa shape index (κ1) is 15.3. The Hall–Kier alpha value is -1.75. The molecule has 1 aromatic rings. The summed E-state index contributed by atoms with van der Waals surface area (Å²) in [6.45, 7) is -2.69. The molecular weight excluding hydrogens is 276 g/mol. The van der Waals surface area contributed by atoms with E-state index in [1.165, 1.54) is 12.1 Å². The summed E-state index contributed by atoms with van der Waals surface area (Å²) in [6, 6.07) is 5.04. The summed E-state index contributed by atoms with van der Waals surface area (Å²) < 4.78 is 78.0. The fourth-order valence-electron chi connectivity index (χ4n) is 1.15. The number of hydrogen-bond acceptors (Lipinski definition) is 2. The van der Waals surface area contributed by atoms with E-state index in [1.807, 2.05) is 0 Å². The minimum atomic E-state index is -5.72. The molecular formula is C11H7F6NO. The molecule has 0 aliphatic rings. The van der Waals surface area contributed by atoms with Crippen LogP contribution in [0.5, 0.6) is 0 Å². The second-order valence-corrected chi connectivity index (χ2v) is 3.59. The van der Waals surface area contributed by atoms with Crippen molar-refractivity contribution in [3.05, 3.63) is 35.1 Å². The normalized spacial score (nSPS) is 12.3. The Morgan fingerprint density at radius 2 is 1.79 bits per heavy atom. The van der Waals surface area contributed by atoms with Gasteiger partial charge in [0.25, 0.3) is 0 Å². The first-order chi connectivity index (χ1) is 8.69. The maximum Gasteiger partial charge on any atom is 0.455 e. The molecule has 1 aromatic carbocycles. The quantitative estimate of drug-likeness (QED) is 0.793. The molecule has 0 aliphatic heterocycles. The van der Waals surface area contributed by atoms with Crippen LogP contribution in [0.25, 0.3) is 0 Å². The second kappa shape index (κ2) is 5.48. The average molecular weight is 283 g/mol. The first-order valence-electron chi connectivity index (χ1n) is 4.89. The Bertz CT molecular complexity index is 491. The van der Waals surface area contributed by atoms with Gasteiger partial charge in [-0.25, -0.2) is 4.39 Å². The Morgan fingerprint density at radius 1 is 1.16 bits per heavy atom. The van der Waals surface area contributed by atoms with Crippen molar-refractivity contribution >= 4 is 0 Å². The molecule has 8 heteroatoms. The molecule has 1 rings (SSSR count). The third-order valence-corrected chi connectivity index (χ3v) is 2.15. The molecule has 104 valence electrons. The van der Waals surface area contributed by atoms with Gasteiger partial charge in [-0.2, -0.15) is 27.2 Å². The fraction of sp³-hybridized carbons (Fsp3) is 0.364. The lowest BCUT2D eigenvalue weighted by atomic mass is 10.1. The molecule has 0 aromatic heterocycles. The van der Waals surface area contributed by atoms with Gasteiger partial charge in [0.15, 0.2) is 0 Å². The van der Waals surface area contributed by atoms with Crippen LogP contribution >= 0.6 is 0 Å². The molecule has 0 fully saturated rings. The lowest BCUT2D eigenvalue weighted by Crippen LogP contribution is -2.40.